The van der Waals surface area contributed by atoms with E-state index >= 15 is 0 Å². The first-order valence-electron chi connectivity index (χ1n) is 7.85. The minimum atomic E-state index is -0.308. The first-order chi connectivity index (χ1) is 11.3. The van der Waals surface area contributed by atoms with Crippen LogP contribution in [0.3, 0.4) is 0 Å². The number of aryl methyl sites for hydroxylation is 1. The predicted molar refractivity (Wildman–Crippen MR) is 88.1 cm³/mol. The molecule has 0 saturated heterocycles. The Hall–Kier alpha value is -2.44. The number of nitrogens with one attached hydrogen (secondary N) is 2. The molecule has 6 nitrogen and oxygen atoms in total. The van der Waals surface area contributed by atoms with Gasteiger partial charge in [-0.15, -0.1) is 0 Å². The summed E-state index contributed by atoms with van der Waals surface area (Å²) in [6.07, 6.45) is 0.635. The molecule has 0 fully saturated rings. The van der Waals surface area contributed by atoms with Gasteiger partial charge in [-0.3, -0.25) is 0 Å². The average molecular weight is 334 g/mol. The summed E-state index contributed by atoms with van der Waals surface area (Å²) in [5.74, 6) is 0.715. The molecule has 2 aromatic rings. The largest absolute Gasteiger partial charge is 0.339 e. The molecule has 7 heteroatoms. The number of carbonyl (C=O) groups is 1. The van der Waals surface area contributed by atoms with Crippen LogP contribution < -0.4 is 10.6 Å². The summed E-state index contributed by atoms with van der Waals surface area (Å²) >= 11 is 0. The Morgan fingerprint density at radius 3 is 2.67 bits per heavy atom. The molecular weight excluding hydrogens is 311 g/mol. The van der Waals surface area contributed by atoms with E-state index in [1.807, 2.05) is 27.7 Å². The number of nitrogens with zero attached hydrogens (tertiary/aromatic N) is 2. The van der Waals surface area contributed by atoms with E-state index in [-0.39, 0.29) is 23.8 Å². The molecule has 0 atom stereocenters. The third kappa shape index (κ3) is 5.04. The molecule has 0 saturated carbocycles. The number of amides is 2. The summed E-state index contributed by atoms with van der Waals surface area (Å²) in [5.41, 5.74) is 1.66. The van der Waals surface area contributed by atoms with Crippen molar-refractivity contribution < 1.29 is 13.7 Å². The normalized spacial score (nSPS) is 11.4. The molecule has 2 rings (SSSR count). The van der Waals surface area contributed by atoms with Crippen molar-refractivity contribution in [2.45, 2.75) is 46.1 Å². The van der Waals surface area contributed by atoms with Crippen LogP contribution in [0.5, 0.6) is 0 Å². The molecule has 0 bridgehead atoms. The van der Waals surface area contributed by atoms with E-state index in [9.17, 15) is 9.18 Å². The highest BCUT2D eigenvalue weighted by molar-refractivity contribution is 5.73. The van der Waals surface area contributed by atoms with Crippen molar-refractivity contribution in [3.63, 3.8) is 0 Å². The van der Waals surface area contributed by atoms with E-state index in [4.69, 9.17) is 4.52 Å². The second kappa shape index (κ2) is 7.42. The van der Waals surface area contributed by atoms with E-state index in [0.29, 0.717) is 24.7 Å². The topological polar surface area (TPSA) is 80.0 Å². The number of benzene rings is 1. The van der Waals surface area contributed by atoms with Crippen LogP contribution in [0.25, 0.3) is 0 Å². The third-order valence-corrected chi connectivity index (χ3v) is 3.50. The van der Waals surface area contributed by atoms with Crippen LogP contribution in [-0.2, 0) is 18.4 Å². The molecule has 0 aliphatic rings. The van der Waals surface area contributed by atoms with Gasteiger partial charge >= 0.3 is 6.03 Å². The minimum Gasteiger partial charge on any atom is -0.339 e. The maximum absolute atomic E-state index is 13.0. The summed E-state index contributed by atoms with van der Waals surface area (Å²) in [4.78, 5) is 16.0. The van der Waals surface area contributed by atoms with Crippen molar-refractivity contribution in [3.05, 3.63) is 46.9 Å². The van der Waals surface area contributed by atoms with Gasteiger partial charge < -0.3 is 15.2 Å². The maximum atomic E-state index is 13.0. The van der Waals surface area contributed by atoms with E-state index < -0.39 is 0 Å². The first kappa shape index (κ1) is 17.9. The monoisotopic (exact) mass is 334 g/mol. The van der Waals surface area contributed by atoms with Gasteiger partial charge in [0.25, 0.3) is 0 Å². The zero-order valence-corrected chi connectivity index (χ0v) is 14.4. The van der Waals surface area contributed by atoms with Gasteiger partial charge in [0, 0.05) is 12.0 Å². The summed E-state index contributed by atoms with van der Waals surface area (Å²) in [5, 5.41) is 9.27. The van der Waals surface area contributed by atoms with Crippen LogP contribution in [0, 0.1) is 12.7 Å². The van der Waals surface area contributed by atoms with Gasteiger partial charge in [0.1, 0.15) is 5.82 Å². The van der Waals surface area contributed by atoms with E-state index in [0.717, 1.165) is 11.1 Å². The van der Waals surface area contributed by atoms with Crippen molar-refractivity contribution in [2.24, 2.45) is 0 Å². The Kier molecular flexibility index (Phi) is 5.54. The fourth-order valence-electron chi connectivity index (χ4n) is 2.10. The van der Waals surface area contributed by atoms with Crippen LogP contribution >= 0.6 is 0 Å². The summed E-state index contributed by atoms with van der Waals surface area (Å²) in [6, 6.07) is 4.33. The lowest BCUT2D eigenvalue weighted by Gasteiger charge is -2.10. The van der Waals surface area contributed by atoms with E-state index in [1.165, 1.54) is 12.1 Å². The Morgan fingerprint density at radius 1 is 1.29 bits per heavy atom. The lowest BCUT2D eigenvalue weighted by Crippen LogP contribution is -2.36. The lowest BCUT2D eigenvalue weighted by molar-refractivity contribution is 0.240. The molecule has 24 heavy (non-hydrogen) atoms. The zero-order chi connectivity index (χ0) is 17.7. The number of rotatable bonds is 5. The molecule has 2 amide bonds. The predicted octanol–water partition coefficient (Wildman–Crippen LogP) is 2.86. The van der Waals surface area contributed by atoms with Crippen molar-refractivity contribution in [2.75, 3.05) is 6.54 Å². The Morgan fingerprint density at radius 2 is 2.04 bits per heavy atom. The Bertz CT molecular complexity index is 707. The molecule has 0 aliphatic heterocycles. The summed E-state index contributed by atoms with van der Waals surface area (Å²) < 4.78 is 18.2. The Balaban J connectivity index is 1.74. The number of urea groups is 1. The second-order valence-electron chi connectivity index (χ2n) is 6.70. The highest BCUT2D eigenvalue weighted by Crippen LogP contribution is 2.19. The van der Waals surface area contributed by atoms with Crippen LogP contribution in [0.2, 0.25) is 0 Å². The standard InChI is InChI=1S/C17H23FN4O2/c1-11-9-13(18)6-5-12(11)7-8-19-16(23)20-10-14-21-15(24-22-14)17(2,3)4/h5-6,9H,7-8,10H2,1-4H3,(H2,19,20,23). The van der Waals surface area contributed by atoms with Crippen molar-refractivity contribution in [3.8, 4) is 0 Å². The van der Waals surface area contributed by atoms with Gasteiger partial charge in [-0.2, -0.15) is 4.98 Å². The van der Waals surface area contributed by atoms with Crippen LogP contribution in [-0.4, -0.2) is 22.7 Å². The molecule has 130 valence electrons. The van der Waals surface area contributed by atoms with Crippen LogP contribution in [0.15, 0.2) is 22.7 Å². The second-order valence-corrected chi connectivity index (χ2v) is 6.70. The fraction of sp³-hybridized carbons (Fsp3) is 0.471. The smallest absolute Gasteiger partial charge is 0.315 e. The van der Waals surface area contributed by atoms with Gasteiger partial charge in [0.15, 0.2) is 5.82 Å². The molecule has 0 aliphatic carbocycles. The van der Waals surface area contributed by atoms with Crippen molar-refractivity contribution in [1.29, 1.82) is 0 Å². The van der Waals surface area contributed by atoms with Crippen LogP contribution in [0.4, 0.5) is 9.18 Å². The van der Waals surface area contributed by atoms with E-state index in [2.05, 4.69) is 20.8 Å². The quantitative estimate of drug-likeness (QED) is 0.881. The number of carbonyl (C=O) groups excluding carboxylic acids is 1. The molecule has 0 spiro atoms. The molecule has 2 N–H and O–H groups in total. The maximum Gasteiger partial charge on any atom is 0.315 e. The lowest BCUT2D eigenvalue weighted by atomic mass is 9.97. The third-order valence-electron chi connectivity index (χ3n) is 3.50. The number of aromatic nitrogens is 2. The summed E-state index contributed by atoms with van der Waals surface area (Å²) in [7, 11) is 0. The van der Waals surface area contributed by atoms with Crippen LogP contribution in [0.1, 0.15) is 43.6 Å². The number of halogens is 1. The molecular formula is C17H23FN4O2. The molecule has 1 aromatic heterocycles. The van der Waals surface area contributed by atoms with E-state index in [1.54, 1.807) is 6.07 Å². The van der Waals surface area contributed by atoms with Gasteiger partial charge in [0.2, 0.25) is 5.89 Å². The van der Waals surface area contributed by atoms with Gasteiger partial charge in [-0.1, -0.05) is 32.0 Å². The van der Waals surface area contributed by atoms with Crippen molar-refractivity contribution >= 4 is 6.03 Å². The fourth-order valence-corrected chi connectivity index (χ4v) is 2.10. The molecule has 1 heterocycles. The van der Waals surface area contributed by atoms with Gasteiger partial charge in [-0.05, 0) is 36.6 Å². The Labute approximate surface area is 140 Å². The molecule has 1 aromatic carbocycles. The SMILES string of the molecule is Cc1cc(F)ccc1CCNC(=O)NCc1noc(C(C)(C)C)n1. The highest BCUT2D eigenvalue weighted by atomic mass is 19.1. The first-order valence-corrected chi connectivity index (χ1v) is 7.85. The minimum absolute atomic E-state index is 0.195. The average Bonchev–Trinajstić information content (AvgIpc) is 2.96. The van der Waals surface area contributed by atoms with Crippen molar-refractivity contribution in [1.82, 2.24) is 20.8 Å². The molecule has 0 unspecified atom stereocenters. The highest BCUT2D eigenvalue weighted by Gasteiger charge is 2.21. The molecule has 0 radical (unpaired) electrons. The number of hydrogen-bond acceptors (Lipinski definition) is 4. The number of hydrogen-bond donors (Lipinski definition) is 2. The zero-order valence-electron chi connectivity index (χ0n) is 14.4. The van der Waals surface area contributed by atoms with Gasteiger partial charge in [-0.25, -0.2) is 9.18 Å². The summed E-state index contributed by atoms with van der Waals surface area (Å²) in [6.45, 7) is 8.42. The van der Waals surface area contributed by atoms with Gasteiger partial charge in [0.05, 0.1) is 6.54 Å².